The molecule has 1 heterocycles. The van der Waals surface area contributed by atoms with Crippen molar-refractivity contribution in [1.29, 1.82) is 0 Å². The van der Waals surface area contributed by atoms with E-state index in [2.05, 4.69) is 11.8 Å². The molecule has 0 spiro atoms. The molecule has 1 saturated heterocycles. The number of ketones is 1. The van der Waals surface area contributed by atoms with Gasteiger partial charge in [-0.05, 0) is 50.7 Å². The summed E-state index contributed by atoms with van der Waals surface area (Å²) >= 11 is 0. The molecule has 1 rings (SSSR count). The molecule has 0 aromatic carbocycles. The van der Waals surface area contributed by atoms with E-state index in [-0.39, 0.29) is 18.1 Å². The second-order valence-corrected chi connectivity index (χ2v) is 6.07. The molecule has 0 aromatic heterocycles. The average Bonchev–Trinajstić information content (AvgIpc) is 2.30. The Morgan fingerprint density at radius 3 is 2.47 bits per heavy atom. The van der Waals surface area contributed by atoms with Crippen LogP contribution in [0.3, 0.4) is 0 Å². The van der Waals surface area contributed by atoms with Gasteiger partial charge in [-0.25, -0.2) is 0 Å². The van der Waals surface area contributed by atoms with Crippen molar-refractivity contribution in [1.82, 2.24) is 4.90 Å². The van der Waals surface area contributed by atoms with Crippen molar-refractivity contribution < 1.29 is 14.7 Å². The van der Waals surface area contributed by atoms with Crippen LogP contribution < -0.4 is 0 Å². The third-order valence-electron chi connectivity index (χ3n) is 3.91. The molecule has 19 heavy (non-hydrogen) atoms. The first-order chi connectivity index (χ1) is 8.97. The summed E-state index contributed by atoms with van der Waals surface area (Å²) in [6.07, 6.45) is 4.54. The Morgan fingerprint density at radius 1 is 1.26 bits per heavy atom. The van der Waals surface area contributed by atoms with Crippen LogP contribution in [-0.2, 0) is 9.59 Å². The van der Waals surface area contributed by atoms with Gasteiger partial charge >= 0.3 is 5.97 Å². The number of Topliss-reactive ketones (excluding diaryl/α,β-unsaturated/α-hetero) is 1. The van der Waals surface area contributed by atoms with E-state index < -0.39 is 5.97 Å². The minimum Gasteiger partial charge on any atom is -0.481 e. The molecule has 1 N–H and O–H groups in total. The molecule has 1 atom stereocenters. The van der Waals surface area contributed by atoms with Crippen molar-refractivity contribution in [3.8, 4) is 0 Å². The van der Waals surface area contributed by atoms with E-state index in [1.807, 2.05) is 6.92 Å². The molecule has 0 amide bonds. The molecule has 0 radical (unpaired) electrons. The van der Waals surface area contributed by atoms with Crippen molar-refractivity contribution >= 4 is 11.8 Å². The Hall–Kier alpha value is -0.900. The Balaban J connectivity index is 2.08. The van der Waals surface area contributed by atoms with Gasteiger partial charge in [-0.3, -0.25) is 9.59 Å². The van der Waals surface area contributed by atoms with Gasteiger partial charge in [0.05, 0.1) is 0 Å². The second-order valence-electron chi connectivity index (χ2n) is 6.07. The SMILES string of the molecule is CC1CCN(CCCC(=O)CC(C)CC(=O)O)CC1. The van der Waals surface area contributed by atoms with E-state index >= 15 is 0 Å². The Labute approximate surface area is 116 Å². The summed E-state index contributed by atoms with van der Waals surface area (Å²) in [7, 11) is 0. The maximum Gasteiger partial charge on any atom is 0.303 e. The highest BCUT2D eigenvalue weighted by atomic mass is 16.4. The van der Waals surface area contributed by atoms with Gasteiger partial charge in [0.15, 0.2) is 0 Å². The lowest BCUT2D eigenvalue weighted by molar-refractivity contribution is -0.138. The van der Waals surface area contributed by atoms with Crippen LogP contribution in [0.25, 0.3) is 0 Å². The number of likely N-dealkylation sites (tertiary alicyclic amines) is 1. The zero-order chi connectivity index (χ0) is 14.3. The fourth-order valence-electron chi connectivity index (χ4n) is 2.65. The van der Waals surface area contributed by atoms with Crippen molar-refractivity contribution in [2.24, 2.45) is 11.8 Å². The van der Waals surface area contributed by atoms with Crippen LogP contribution in [0.2, 0.25) is 0 Å². The first kappa shape index (κ1) is 16.2. The van der Waals surface area contributed by atoms with Gasteiger partial charge in [0.1, 0.15) is 5.78 Å². The molecule has 0 bridgehead atoms. The molecule has 0 aromatic rings. The molecular weight excluding hydrogens is 242 g/mol. The maximum atomic E-state index is 11.7. The fraction of sp³-hybridized carbons (Fsp3) is 0.867. The number of carboxylic acids is 1. The first-order valence-corrected chi connectivity index (χ1v) is 7.43. The Bertz CT molecular complexity index is 296. The zero-order valence-corrected chi connectivity index (χ0v) is 12.2. The number of piperidine rings is 1. The average molecular weight is 269 g/mol. The van der Waals surface area contributed by atoms with Crippen LogP contribution in [0.1, 0.15) is 52.4 Å². The summed E-state index contributed by atoms with van der Waals surface area (Å²) in [6.45, 7) is 7.45. The third kappa shape index (κ3) is 7.31. The number of rotatable bonds is 8. The highest BCUT2D eigenvalue weighted by molar-refractivity contribution is 5.79. The predicted molar refractivity (Wildman–Crippen MR) is 75.1 cm³/mol. The molecule has 1 aliphatic rings. The lowest BCUT2D eigenvalue weighted by atomic mass is 9.97. The normalized spacial score (nSPS) is 19.3. The van der Waals surface area contributed by atoms with Crippen LogP contribution in [0.15, 0.2) is 0 Å². The first-order valence-electron chi connectivity index (χ1n) is 7.43. The molecule has 1 fully saturated rings. The number of aliphatic carboxylic acids is 1. The monoisotopic (exact) mass is 269 g/mol. The zero-order valence-electron chi connectivity index (χ0n) is 12.2. The molecule has 1 unspecified atom stereocenters. The van der Waals surface area contributed by atoms with Crippen molar-refractivity contribution in [3.05, 3.63) is 0 Å². The smallest absolute Gasteiger partial charge is 0.303 e. The molecule has 0 saturated carbocycles. The lowest BCUT2D eigenvalue weighted by Gasteiger charge is -2.30. The van der Waals surface area contributed by atoms with E-state index in [1.54, 1.807) is 0 Å². The van der Waals surface area contributed by atoms with Crippen molar-refractivity contribution in [2.75, 3.05) is 19.6 Å². The van der Waals surface area contributed by atoms with E-state index in [0.29, 0.717) is 12.8 Å². The summed E-state index contributed by atoms with van der Waals surface area (Å²) in [5, 5.41) is 8.65. The minimum atomic E-state index is -0.817. The lowest BCUT2D eigenvalue weighted by Crippen LogP contribution is -2.33. The van der Waals surface area contributed by atoms with E-state index in [1.165, 1.54) is 12.8 Å². The number of carbonyl (C=O) groups excluding carboxylic acids is 1. The second kappa shape index (κ2) is 8.31. The minimum absolute atomic E-state index is 0.0409. The van der Waals surface area contributed by atoms with Crippen LogP contribution in [-0.4, -0.2) is 41.4 Å². The van der Waals surface area contributed by atoms with Gasteiger partial charge < -0.3 is 10.0 Å². The van der Waals surface area contributed by atoms with Crippen LogP contribution in [0.5, 0.6) is 0 Å². The Kier molecular flexibility index (Phi) is 7.06. The van der Waals surface area contributed by atoms with Crippen LogP contribution >= 0.6 is 0 Å². The number of hydrogen-bond acceptors (Lipinski definition) is 3. The summed E-state index contributed by atoms with van der Waals surface area (Å²) in [5.74, 6) is 0.192. The van der Waals surface area contributed by atoms with Crippen molar-refractivity contribution in [3.63, 3.8) is 0 Å². The molecule has 0 aliphatic carbocycles. The van der Waals surface area contributed by atoms with E-state index in [9.17, 15) is 9.59 Å². The highest BCUT2D eigenvalue weighted by Crippen LogP contribution is 2.16. The summed E-state index contributed by atoms with van der Waals surface area (Å²) in [6, 6.07) is 0. The molecule has 1 aliphatic heterocycles. The summed E-state index contributed by atoms with van der Waals surface area (Å²) in [4.78, 5) is 24.7. The standard InChI is InChI=1S/C15H27NO3/c1-12-5-8-16(9-6-12)7-3-4-14(17)10-13(2)11-15(18)19/h12-13H,3-11H2,1-2H3,(H,18,19). The molecule has 4 heteroatoms. The van der Waals surface area contributed by atoms with Gasteiger partial charge in [0.2, 0.25) is 0 Å². The predicted octanol–water partition coefficient (Wildman–Crippen LogP) is 2.57. The maximum absolute atomic E-state index is 11.7. The van der Waals surface area contributed by atoms with Crippen molar-refractivity contribution in [2.45, 2.75) is 52.4 Å². The number of carbonyl (C=O) groups is 2. The largest absolute Gasteiger partial charge is 0.481 e. The van der Waals surface area contributed by atoms with Crippen LogP contribution in [0, 0.1) is 11.8 Å². The Morgan fingerprint density at radius 2 is 1.89 bits per heavy atom. The topological polar surface area (TPSA) is 57.6 Å². The highest BCUT2D eigenvalue weighted by Gasteiger charge is 2.16. The molecule has 4 nitrogen and oxygen atoms in total. The van der Waals surface area contributed by atoms with Gasteiger partial charge in [-0.2, -0.15) is 0 Å². The van der Waals surface area contributed by atoms with E-state index in [4.69, 9.17) is 5.11 Å². The van der Waals surface area contributed by atoms with Gasteiger partial charge in [0, 0.05) is 19.3 Å². The van der Waals surface area contributed by atoms with Gasteiger partial charge in [-0.1, -0.05) is 13.8 Å². The summed E-state index contributed by atoms with van der Waals surface area (Å²) < 4.78 is 0. The molecule has 110 valence electrons. The molecular formula is C15H27NO3. The van der Waals surface area contributed by atoms with Gasteiger partial charge in [0.25, 0.3) is 0 Å². The number of carboxylic acid groups (broad SMARTS) is 1. The fourth-order valence-corrected chi connectivity index (χ4v) is 2.65. The quantitative estimate of drug-likeness (QED) is 0.736. The van der Waals surface area contributed by atoms with Gasteiger partial charge in [-0.15, -0.1) is 0 Å². The van der Waals surface area contributed by atoms with Crippen LogP contribution in [0.4, 0.5) is 0 Å². The summed E-state index contributed by atoms with van der Waals surface area (Å²) in [5.41, 5.74) is 0. The number of hydrogen-bond donors (Lipinski definition) is 1. The van der Waals surface area contributed by atoms with E-state index in [0.717, 1.165) is 32.0 Å². The number of nitrogens with zero attached hydrogens (tertiary/aromatic N) is 1. The third-order valence-corrected chi connectivity index (χ3v) is 3.91.